The van der Waals surface area contributed by atoms with Gasteiger partial charge in [-0.2, -0.15) is 13.2 Å². The van der Waals surface area contributed by atoms with Crippen molar-refractivity contribution >= 4 is 40.3 Å². The Labute approximate surface area is 193 Å². The second kappa shape index (κ2) is 10.5. The zero-order chi connectivity index (χ0) is 24.2. The Bertz CT molecular complexity index is 1150. The first-order valence-corrected chi connectivity index (χ1v) is 11.2. The van der Waals surface area contributed by atoms with E-state index in [9.17, 15) is 18.0 Å². The molecule has 0 aliphatic carbocycles. The Morgan fingerprint density at radius 1 is 1.38 bits per heavy atom. The SMILES string of the molecule is [3H]c1cc2c(C(F)(F)F)noc2c(CCC)c1OCCCSc1ccc(CC(=O)O)cc1Cl. The summed E-state index contributed by atoms with van der Waals surface area (Å²) < 4.78 is 58.5. The average molecular weight is 490 g/mol. The van der Waals surface area contributed by atoms with Gasteiger partial charge in [0.1, 0.15) is 5.75 Å². The molecule has 1 heterocycles. The summed E-state index contributed by atoms with van der Waals surface area (Å²) >= 11 is 7.70. The lowest BCUT2D eigenvalue weighted by Gasteiger charge is -2.12. The van der Waals surface area contributed by atoms with E-state index < -0.39 is 17.8 Å². The van der Waals surface area contributed by atoms with Gasteiger partial charge in [-0.1, -0.05) is 36.2 Å². The fraction of sp³-hybridized carbons (Fsp3) is 0.364. The summed E-state index contributed by atoms with van der Waals surface area (Å²) in [5, 5.41) is 12.3. The minimum absolute atomic E-state index is 0.00205. The Kier molecular flexibility index (Phi) is 7.47. The molecule has 0 spiro atoms. The fourth-order valence-corrected chi connectivity index (χ4v) is 4.36. The molecule has 1 N–H and O–H groups in total. The lowest BCUT2D eigenvalue weighted by Crippen LogP contribution is -2.06. The number of hydrogen-bond acceptors (Lipinski definition) is 5. The van der Waals surface area contributed by atoms with Crippen molar-refractivity contribution in [3.8, 4) is 5.75 Å². The second-order valence-corrected chi connectivity index (χ2v) is 8.55. The van der Waals surface area contributed by atoms with Crippen LogP contribution in [0.5, 0.6) is 5.75 Å². The highest BCUT2D eigenvalue weighted by Crippen LogP contribution is 2.38. The Balaban J connectivity index is 1.66. The van der Waals surface area contributed by atoms with Crippen LogP contribution >= 0.6 is 23.4 Å². The molecule has 3 aromatic rings. The van der Waals surface area contributed by atoms with Gasteiger partial charge in [-0.05, 0) is 42.6 Å². The van der Waals surface area contributed by atoms with E-state index in [1.54, 1.807) is 18.2 Å². The first kappa shape index (κ1) is 22.8. The number of benzene rings is 2. The van der Waals surface area contributed by atoms with Crippen LogP contribution in [-0.4, -0.2) is 28.6 Å². The van der Waals surface area contributed by atoms with Crippen molar-refractivity contribution in [1.82, 2.24) is 5.16 Å². The van der Waals surface area contributed by atoms with E-state index in [2.05, 4.69) is 5.16 Å². The van der Waals surface area contributed by atoms with Crippen molar-refractivity contribution in [3.05, 3.63) is 52.2 Å². The molecule has 32 heavy (non-hydrogen) atoms. The maximum atomic E-state index is 13.2. The summed E-state index contributed by atoms with van der Waals surface area (Å²) in [5.74, 6) is -0.0923. The number of aryl methyl sites for hydroxylation is 1. The Morgan fingerprint density at radius 2 is 2.16 bits per heavy atom. The van der Waals surface area contributed by atoms with Gasteiger partial charge >= 0.3 is 12.1 Å². The van der Waals surface area contributed by atoms with Gasteiger partial charge in [0, 0.05) is 16.2 Å². The average Bonchev–Trinajstić information content (AvgIpc) is 3.14. The van der Waals surface area contributed by atoms with Crippen LogP contribution in [0.3, 0.4) is 0 Å². The van der Waals surface area contributed by atoms with Crippen LogP contribution in [0.1, 0.15) is 38.0 Å². The van der Waals surface area contributed by atoms with Gasteiger partial charge in [0.15, 0.2) is 11.3 Å². The van der Waals surface area contributed by atoms with E-state index in [0.717, 1.165) is 11.0 Å². The zero-order valence-corrected chi connectivity index (χ0v) is 18.7. The number of carboxylic acid groups (broad SMARTS) is 1. The molecule has 0 saturated heterocycles. The van der Waals surface area contributed by atoms with Gasteiger partial charge in [-0.15, -0.1) is 11.8 Å². The number of hydrogen-bond donors (Lipinski definition) is 1. The van der Waals surface area contributed by atoms with Crippen LogP contribution < -0.4 is 4.74 Å². The molecular weight excluding hydrogens is 467 g/mol. The number of carbonyl (C=O) groups is 1. The van der Waals surface area contributed by atoms with E-state index in [0.29, 0.717) is 41.2 Å². The minimum atomic E-state index is -4.67. The van der Waals surface area contributed by atoms with Gasteiger partial charge in [0.2, 0.25) is 0 Å². The van der Waals surface area contributed by atoms with Gasteiger partial charge in [-0.3, -0.25) is 4.79 Å². The number of aromatic nitrogens is 1. The molecule has 0 radical (unpaired) electrons. The predicted octanol–water partition coefficient (Wildman–Crippen LogP) is 6.64. The van der Waals surface area contributed by atoms with Crippen LogP contribution in [0, 0.1) is 0 Å². The smallest absolute Gasteiger partial charge is 0.437 e. The van der Waals surface area contributed by atoms with Gasteiger partial charge < -0.3 is 14.4 Å². The normalized spacial score (nSPS) is 12.2. The number of halogens is 4. The van der Waals surface area contributed by atoms with Gasteiger partial charge in [-0.25, -0.2) is 0 Å². The highest BCUT2D eigenvalue weighted by molar-refractivity contribution is 7.99. The lowest BCUT2D eigenvalue weighted by molar-refractivity contribution is -0.141. The van der Waals surface area contributed by atoms with Crippen molar-refractivity contribution in [3.63, 3.8) is 0 Å². The number of alkyl halides is 3. The number of fused-ring (bicyclic) bond motifs is 1. The molecule has 0 unspecified atom stereocenters. The van der Waals surface area contributed by atoms with Crippen molar-refractivity contribution in [2.24, 2.45) is 0 Å². The molecule has 0 aliphatic rings. The largest absolute Gasteiger partial charge is 0.493 e. The Hall–Kier alpha value is -2.39. The molecule has 0 saturated carbocycles. The molecule has 1 aromatic heterocycles. The van der Waals surface area contributed by atoms with Crippen LogP contribution in [-0.2, 0) is 23.8 Å². The first-order chi connectivity index (χ1) is 15.6. The van der Waals surface area contributed by atoms with Crippen molar-refractivity contribution in [2.45, 2.75) is 43.7 Å². The Morgan fingerprint density at radius 3 is 2.81 bits per heavy atom. The third kappa shape index (κ3) is 5.89. The summed E-state index contributed by atoms with van der Waals surface area (Å²) in [6.07, 6.45) is -3.17. The summed E-state index contributed by atoms with van der Waals surface area (Å²) in [5.41, 5.74) is -0.119. The zero-order valence-electron chi connectivity index (χ0n) is 18.1. The molecule has 0 amide bonds. The molecule has 172 valence electrons. The molecule has 10 heteroatoms. The topological polar surface area (TPSA) is 72.6 Å². The standard InChI is InChI=1S/C22H21ClF3NO4S/c1-2-4-14-17(7-6-15-20(14)31-27-21(15)22(24,25)26)30-9-3-10-32-18-8-5-13(11-16(18)23)12-19(28)29/h5-8,11H,2-4,9-10,12H2,1H3,(H,28,29)/i7T. The van der Waals surface area contributed by atoms with Crippen LogP contribution in [0.25, 0.3) is 11.0 Å². The number of ether oxygens (including phenoxy) is 1. The monoisotopic (exact) mass is 489 g/mol. The molecule has 0 atom stereocenters. The van der Waals surface area contributed by atoms with Crippen molar-refractivity contribution < 1.29 is 33.7 Å². The van der Waals surface area contributed by atoms with E-state index in [1.807, 2.05) is 6.92 Å². The molecule has 2 aromatic carbocycles. The maximum absolute atomic E-state index is 13.2. The highest BCUT2D eigenvalue weighted by Gasteiger charge is 2.37. The van der Waals surface area contributed by atoms with E-state index in [-0.39, 0.29) is 35.8 Å². The number of carboxylic acids is 1. The molecule has 3 rings (SSSR count). The fourth-order valence-electron chi connectivity index (χ4n) is 3.15. The van der Waals surface area contributed by atoms with E-state index >= 15 is 0 Å². The number of rotatable bonds is 10. The number of aliphatic carboxylic acids is 1. The third-order valence-corrected chi connectivity index (χ3v) is 6.12. The highest BCUT2D eigenvalue weighted by atomic mass is 35.5. The predicted molar refractivity (Wildman–Crippen MR) is 117 cm³/mol. The molecule has 0 fully saturated rings. The van der Waals surface area contributed by atoms with E-state index in [1.165, 1.54) is 11.8 Å². The van der Waals surface area contributed by atoms with Crippen LogP contribution in [0.15, 0.2) is 39.7 Å². The van der Waals surface area contributed by atoms with Crippen molar-refractivity contribution in [1.29, 1.82) is 0 Å². The quantitative estimate of drug-likeness (QED) is 0.254. The summed E-state index contributed by atoms with van der Waals surface area (Å²) in [7, 11) is 0. The first-order valence-electron chi connectivity index (χ1n) is 10.4. The molecule has 0 bridgehead atoms. The summed E-state index contributed by atoms with van der Waals surface area (Å²) in [6.45, 7) is 2.12. The maximum Gasteiger partial charge on any atom is 0.437 e. The summed E-state index contributed by atoms with van der Waals surface area (Å²) in [6, 6.07) is 6.04. The van der Waals surface area contributed by atoms with Gasteiger partial charge in [0.05, 0.1) is 24.8 Å². The van der Waals surface area contributed by atoms with Crippen molar-refractivity contribution in [2.75, 3.05) is 12.4 Å². The molecule has 5 nitrogen and oxygen atoms in total. The van der Waals surface area contributed by atoms with Crippen LogP contribution in [0.4, 0.5) is 13.2 Å². The molecule has 0 aliphatic heterocycles. The number of thioether (sulfide) groups is 1. The molecular formula is C22H21ClF3NO4S. The van der Waals surface area contributed by atoms with Gasteiger partial charge in [0.25, 0.3) is 0 Å². The second-order valence-electron chi connectivity index (χ2n) is 7.00. The van der Waals surface area contributed by atoms with Crippen LogP contribution in [0.2, 0.25) is 5.02 Å². The van der Waals surface area contributed by atoms with E-state index in [4.69, 9.17) is 27.3 Å². The number of nitrogens with zero attached hydrogens (tertiary/aromatic N) is 1. The lowest BCUT2D eigenvalue weighted by atomic mass is 10.0. The minimum Gasteiger partial charge on any atom is -0.493 e. The third-order valence-electron chi connectivity index (χ3n) is 4.54. The summed E-state index contributed by atoms with van der Waals surface area (Å²) in [4.78, 5) is 11.6.